The molecule has 3 aromatic carbocycles. The zero-order chi connectivity index (χ0) is 25.1. The van der Waals surface area contributed by atoms with Crippen LogP contribution in [0, 0.1) is 0 Å². The first-order valence-electron chi connectivity index (χ1n) is 11.4. The molecule has 2 aromatic heterocycles. The number of fused-ring (bicyclic) bond motifs is 3. The zero-order valence-electron chi connectivity index (χ0n) is 19.8. The summed E-state index contributed by atoms with van der Waals surface area (Å²) < 4.78 is 12.3. The van der Waals surface area contributed by atoms with Crippen molar-refractivity contribution >= 4 is 45.3 Å². The number of aromatic nitrogens is 3. The number of ether oxygens (including phenoxy) is 2. The SMILES string of the molecule is CCOc1ccc(-n2c(SCC(=O)Nc3cccc(OC)c3)nc3c([nH]c4ccccc43)c2=O)cc1. The van der Waals surface area contributed by atoms with Gasteiger partial charge in [-0.05, 0) is 49.4 Å². The van der Waals surface area contributed by atoms with Gasteiger partial charge in [0.1, 0.15) is 22.5 Å². The number of H-pyrrole nitrogens is 1. The van der Waals surface area contributed by atoms with Crippen molar-refractivity contribution in [2.24, 2.45) is 0 Å². The second-order valence-corrected chi connectivity index (χ2v) is 8.87. The molecule has 0 atom stereocenters. The number of nitrogens with one attached hydrogen (secondary N) is 2. The van der Waals surface area contributed by atoms with E-state index in [1.54, 1.807) is 31.4 Å². The lowest BCUT2D eigenvalue weighted by atomic mass is 10.2. The molecule has 5 aromatic rings. The lowest BCUT2D eigenvalue weighted by Gasteiger charge is -2.13. The molecule has 0 fully saturated rings. The molecule has 0 unspecified atom stereocenters. The quantitative estimate of drug-likeness (QED) is 0.230. The maximum atomic E-state index is 13.7. The van der Waals surface area contributed by atoms with E-state index in [4.69, 9.17) is 14.5 Å². The third-order valence-electron chi connectivity index (χ3n) is 5.59. The summed E-state index contributed by atoms with van der Waals surface area (Å²) in [7, 11) is 1.57. The van der Waals surface area contributed by atoms with Crippen molar-refractivity contribution in [3.05, 3.63) is 83.2 Å². The van der Waals surface area contributed by atoms with Crippen LogP contribution in [0.15, 0.2) is 82.7 Å². The van der Waals surface area contributed by atoms with Gasteiger partial charge in [0.25, 0.3) is 5.56 Å². The summed E-state index contributed by atoms with van der Waals surface area (Å²) in [5, 5.41) is 4.14. The predicted octanol–water partition coefficient (Wildman–Crippen LogP) is 5.01. The summed E-state index contributed by atoms with van der Waals surface area (Å²) in [6.45, 7) is 2.46. The van der Waals surface area contributed by atoms with Gasteiger partial charge in [-0.1, -0.05) is 36.0 Å². The lowest BCUT2D eigenvalue weighted by molar-refractivity contribution is -0.113. The number of anilines is 1. The van der Waals surface area contributed by atoms with Gasteiger partial charge in [-0.3, -0.25) is 14.2 Å². The van der Waals surface area contributed by atoms with Crippen molar-refractivity contribution in [3.8, 4) is 17.2 Å². The van der Waals surface area contributed by atoms with Crippen LogP contribution in [0.5, 0.6) is 11.5 Å². The van der Waals surface area contributed by atoms with E-state index in [-0.39, 0.29) is 17.2 Å². The minimum atomic E-state index is -0.240. The number of para-hydroxylation sites is 1. The smallest absolute Gasteiger partial charge is 0.283 e. The molecule has 0 spiro atoms. The maximum absolute atomic E-state index is 13.7. The van der Waals surface area contributed by atoms with E-state index in [0.717, 1.165) is 10.9 Å². The molecule has 5 rings (SSSR count). The van der Waals surface area contributed by atoms with Crippen molar-refractivity contribution in [2.75, 3.05) is 24.8 Å². The van der Waals surface area contributed by atoms with Gasteiger partial charge in [0.15, 0.2) is 5.16 Å². The van der Waals surface area contributed by atoms with Crippen LogP contribution in [-0.2, 0) is 4.79 Å². The van der Waals surface area contributed by atoms with Gasteiger partial charge in [-0.2, -0.15) is 0 Å². The van der Waals surface area contributed by atoms with Crippen LogP contribution in [0.25, 0.3) is 27.6 Å². The van der Waals surface area contributed by atoms with Crippen LogP contribution in [0.4, 0.5) is 5.69 Å². The van der Waals surface area contributed by atoms with E-state index in [9.17, 15) is 9.59 Å². The number of hydrogen-bond donors (Lipinski definition) is 2. The Morgan fingerprint density at radius 1 is 1.06 bits per heavy atom. The van der Waals surface area contributed by atoms with Crippen LogP contribution >= 0.6 is 11.8 Å². The summed E-state index contributed by atoms with van der Waals surface area (Å²) in [5.74, 6) is 1.20. The summed E-state index contributed by atoms with van der Waals surface area (Å²) in [6.07, 6.45) is 0. The Labute approximate surface area is 211 Å². The third-order valence-corrected chi connectivity index (χ3v) is 6.52. The highest BCUT2D eigenvalue weighted by Crippen LogP contribution is 2.27. The Morgan fingerprint density at radius 2 is 1.86 bits per heavy atom. The first kappa shape index (κ1) is 23.5. The van der Waals surface area contributed by atoms with Gasteiger partial charge in [-0.15, -0.1) is 0 Å². The molecule has 2 N–H and O–H groups in total. The number of amides is 1. The first-order valence-corrected chi connectivity index (χ1v) is 12.4. The molecule has 0 aliphatic rings. The van der Waals surface area contributed by atoms with Gasteiger partial charge in [0.05, 0.1) is 25.2 Å². The van der Waals surface area contributed by atoms with Gasteiger partial charge >= 0.3 is 0 Å². The van der Waals surface area contributed by atoms with Crippen molar-refractivity contribution < 1.29 is 14.3 Å². The Morgan fingerprint density at radius 3 is 2.64 bits per heavy atom. The average molecular weight is 501 g/mol. The van der Waals surface area contributed by atoms with Crippen molar-refractivity contribution in [1.29, 1.82) is 0 Å². The molecule has 0 aliphatic carbocycles. The van der Waals surface area contributed by atoms with Gasteiger partial charge in [0.2, 0.25) is 5.91 Å². The van der Waals surface area contributed by atoms with E-state index in [2.05, 4.69) is 10.3 Å². The summed E-state index contributed by atoms with van der Waals surface area (Å²) in [5.41, 5.74) is 2.84. The Balaban J connectivity index is 1.52. The molecule has 0 saturated heterocycles. The number of methoxy groups -OCH3 is 1. The largest absolute Gasteiger partial charge is 0.497 e. The predicted molar refractivity (Wildman–Crippen MR) is 143 cm³/mol. The second-order valence-electron chi connectivity index (χ2n) is 7.92. The number of carbonyl (C=O) groups excluding carboxylic acids is 1. The third kappa shape index (κ3) is 4.65. The van der Waals surface area contributed by atoms with Crippen molar-refractivity contribution in [1.82, 2.24) is 14.5 Å². The highest BCUT2D eigenvalue weighted by molar-refractivity contribution is 7.99. The van der Waals surface area contributed by atoms with E-state index >= 15 is 0 Å². The molecule has 0 radical (unpaired) electrons. The number of hydrogen-bond acceptors (Lipinski definition) is 6. The highest BCUT2D eigenvalue weighted by atomic mass is 32.2. The molecule has 8 nitrogen and oxygen atoms in total. The normalized spacial score (nSPS) is 11.1. The molecule has 0 aliphatic heterocycles. The van der Waals surface area contributed by atoms with Gasteiger partial charge in [0, 0.05) is 22.7 Å². The number of thioether (sulfide) groups is 1. The molecule has 9 heteroatoms. The fourth-order valence-electron chi connectivity index (χ4n) is 3.95. The first-order chi connectivity index (χ1) is 17.6. The van der Waals surface area contributed by atoms with Crippen molar-refractivity contribution in [3.63, 3.8) is 0 Å². The number of nitrogens with zero attached hydrogens (tertiary/aromatic N) is 2. The van der Waals surface area contributed by atoms with Gasteiger partial charge < -0.3 is 19.8 Å². The Hall–Kier alpha value is -4.24. The summed E-state index contributed by atoms with van der Waals surface area (Å²) >= 11 is 1.20. The van der Waals surface area contributed by atoms with Crippen LogP contribution < -0.4 is 20.3 Å². The summed E-state index contributed by atoms with van der Waals surface area (Å²) in [6, 6.07) is 22.0. The van der Waals surface area contributed by atoms with Crippen LogP contribution in [0.1, 0.15) is 6.92 Å². The second kappa shape index (κ2) is 10.2. The number of aromatic amines is 1. The Kier molecular flexibility index (Phi) is 6.64. The monoisotopic (exact) mass is 500 g/mol. The standard InChI is InChI=1S/C27H24N4O4S/c1-3-35-19-13-11-18(12-14-19)31-26(33)25-24(21-9-4-5-10-22(21)29-25)30-27(31)36-16-23(32)28-17-7-6-8-20(15-17)34-2/h4-15,29H,3,16H2,1-2H3,(H,28,32). The molecule has 0 bridgehead atoms. The number of carbonyl (C=O) groups is 1. The fraction of sp³-hybridized carbons (Fsp3) is 0.148. The van der Waals surface area contributed by atoms with Crippen molar-refractivity contribution in [2.45, 2.75) is 12.1 Å². The molecular weight excluding hydrogens is 476 g/mol. The Bertz CT molecular complexity index is 1610. The minimum Gasteiger partial charge on any atom is -0.497 e. The molecule has 1 amide bonds. The molecule has 2 heterocycles. The van der Waals surface area contributed by atoms with Crippen LogP contribution in [0.3, 0.4) is 0 Å². The molecular formula is C27H24N4O4S. The maximum Gasteiger partial charge on any atom is 0.283 e. The fourth-order valence-corrected chi connectivity index (χ4v) is 4.76. The number of rotatable bonds is 8. The number of benzene rings is 3. The molecule has 0 saturated carbocycles. The highest BCUT2D eigenvalue weighted by Gasteiger charge is 2.18. The summed E-state index contributed by atoms with van der Waals surface area (Å²) in [4.78, 5) is 34.5. The van der Waals surface area contributed by atoms with Crippen LogP contribution in [-0.4, -0.2) is 39.9 Å². The van der Waals surface area contributed by atoms with Crippen LogP contribution in [0.2, 0.25) is 0 Å². The topological polar surface area (TPSA) is 98.2 Å². The van der Waals surface area contributed by atoms with Gasteiger partial charge in [-0.25, -0.2) is 4.98 Å². The average Bonchev–Trinajstić information content (AvgIpc) is 3.27. The van der Waals surface area contributed by atoms with E-state index in [1.165, 1.54) is 16.3 Å². The zero-order valence-corrected chi connectivity index (χ0v) is 20.6. The van der Waals surface area contributed by atoms with E-state index < -0.39 is 0 Å². The minimum absolute atomic E-state index is 0.0640. The molecule has 182 valence electrons. The van der Waals surface area contributed by atoms with E-state index in [1.807, 2.05) is 55.5 Å². The molecule has 36 heavy (non-hydrogen) atoms. The van der Waals surface area contributed by atoms with E-state index in [0.29, 0.717) is 45.7 Å². The lowest BCUT2D eigenvalue weighted by Crippen LogP contribution is -2.23.